The predicted molar refractivity (Wildman–Crippen MR) is 115 cm³/mol. The van der Waals surface area contributed by atoms with Crippen LogP contribution in [-0.4, -0.2) is 30.4 Å². The first-order valence-corrected chi connectivity index (χ1v) is 12.1. The van der Waals surface area contributed by atoms with E-state index >= 15 is 0 Å². The van der Waals surface area contributed by atoms with Crippen molar-refractivity contribution >= 4 is 21.4 Å². The van der Waals surface area contributed by atoms with Gasteiger partial charge in [0.15, 0.2) is 0 Å². The van der Waals surface area contributed by atoms with Crippen LogP contribution in [0.2, 0.25) is 0 Å². The van der Waals surface area contributed by atoms with Crippen LogP contribution in [0.4, 0.5) is 0 Å². The molecule has 4 heterocycles. The van der Waals surface area contributed by atoms with Crippen LogP contribution < -0.4 is 5.56 Å². The Morgan fingerprint density at radius 2 is 1.93 bits per heavy atom. The van der Waals surface area contributed by atoms with Crippen molar-refractivity contribution in [3.63, 3.8) is 0 Å². The van der Waals surface area contributed by atoms with Gasteiger partial charge in [0, 0.05) is 42.9 Å². The molecule has 152 valence electrons. The fourth-order valence-electron chi connectivity index (χ4n) is 4.71. The molecule has 5 rings (SSSR count). The summed E-state index contributed by atoms with van der Waals surface area (Å²) in [5.41, 5.74) is 3.13. The van der Waals surface area contributed by atoms with Crippen LogP contribution in [0.25, 0.3) is 11.1 Å². The zero-order valence-electron chi connectivity index (χ0n) is 16.1. The second-order valence-corrected chi connectivity index (χ2v) is 10.9. The lowest BCUT2D eigenvalue weighted by Gasteiger charge is -2.42. The highest BCUT2D eigenvalue weighted by Crippen LogP contribution is 2.41. The minimum Gasteiger partial charge on any atom is -0.311 e. The molecule has 0 N–H and O–H groups in total. The first-order chi connectivity index (χ1) is 14.5. The van der Waals surface area contributed by atoms with Gasteiger partial charge < -0.3 is 4.57 Å². The van der Waals surface area contributed by atoms with E-state index in [2.05, 4.69) is 6.07 Å². The Hall–Kier alpha value is -2.73. The first kappa shape index (κ1) is 19.2. The summed E-state index contributed by atoms with van der Waals surface area (Å²) in [4.78, 5) is 12.6. The number of piperidine rings is 1. The minimum atomic E-state index is -3.54. The van der Waals surface area contributed by atoms with Crippen molar-refractivity contribution in [3.05, 3.63) is 75.5 Å². The topological polar surface area (TPSA) is 83.2 Å². The number of nitrogens with zero attached hydrogens (tertiary/aromatic N) is 3. The van der Waals surface area contributed by atoms with Gasteiger partial charge in [-0.1, -0.05) is 18.2 Å². The summed E-state index contributed by atoms with van der Waals surface area (Å²) >= 11 is 1.23. The average molecular weight is 438 g/mol. The van der Waals surface area contributed by atoms with Crippen molar-refractivity contribution in [2.75, 3.05) is 13.1 Å². The van der Waals surface area contributed by atoms with Crippen LogP contribution in [0.15, 0.2) is 62.9 Å². The molecule has 8 heteroatoms. The summed E-state index contributed by atoms with van der Waals surface area (Å²) in [6, 6.07) is 16.2. The summed E-state index contributed by atoms with van der Waals surface area (Å²) in [6.45, 7) is 1.29. The second-order valence-electron chi connectivity index (χ2n) is 7.83. The molecule has 2 aliphatic rings. The Kier molecular flexibility index (Phi) is 4.62. The molecule has 3 aromatic rings. The molecule has 2 bridgehead atoms. The van der Waals surface area contributed by atoms with E-state index in [9.17, 15) is 18.5 Å². The van der Waals surface area contributed by atoms with Crippen LogP contribution in [0, 0.1) is 17.2 Å². The molecular formula is C22H19N3O3S2. The van der Waals surface area contributed by atoms with Gasteiger partial charge in [0.25, 0.3) is 15.6 Å². The maximum atomic E-state index is 13.1. The van der Waals surface area contributed by atoms with Crippen LogP contribution in [0.3, 0.4) is 0 Å². The minimum absolute atomic E-state index is 0.0607. The Morgan fingerprint density at radius 1 is 1.07 bits per heavy atom. The largest absolute Gasteiger partial charge is 0.311 e. The molecular weight excluding hydrogens is 418 g/mol. The molecule has 2 aromatic heterocycles. The second kappa shape index (κ2) is 7.20. The molecule has 2 atom stereocenters. The smallest absolute Gasteiger partial charge is 0.252 e. The third-order valence-corrected chi connectivity index (χ3v) is 9.15. The quantitative estimate of drug-likeness (QED) is 0.630. The number of nitriles is 1. The van der Waals surface area contributed by atoms with Gasteiger partial charge in [0.05, 0.1) is 11.6 Å². The normalized spacial score (nSPS) is 21.0. The van der Waals surface area contributed by atoms with E-state index in [0.717, 1.165) is 23.2 Å². The number of thiophene rings is 1. The Bertz CT molecular complexity index is 1320. The third kappa shape index (κ3) is 3.10. The van der Waals surface area contributed by atoms with E-state index in [1.54, 1.807) is 40.0 Å². The number of fused-ring (bicyclic) bond motifs is 4. The molecule has 2 aliphatic heterocycles. The average Bonchev–Trinajstić information content (AvgIpc) is 3.30. The summed E-state index contributed by atoms with van der Waals surface area (Å²) in [6.07, 6.45) is 0.852. The molecule has 1 aromatic carbocycles. The van der Waals surface area contributed by atoms with Crippen LogP contribution >= 0.6 is 11.3 Å². The number of rotatable bonds is 3. The Morgan fingerprint density at radius 3 is 2.70 bits per heavy atom. The lowest BCUT2D eigenvalue weighted by Crippen LogP contribution is -2.49. The van der Waals surface area contributed by atoms with Crippen molar-refractivity contribution < 1.29 is 8.42 Å². The van der Waals surface area contributed by atoms with Crippen molar-refractivity contribution in [2.45, 2.75) is 23.1 Å². The fourth-order valence-corrected chi connectivity index (χ4v) is 7.41. The van der Waals surface area contributed by atoms with Gasteiger partial charge in [-0.3, -0.25) is 4.79 Å². The summed E-state index contributed by atoms with van der Waals surface area (Å²) < 4.78 is 30.0. The predicted octanol–water partition coefficient (Wildman–Crippen LogP) is 3.26. The molecule has 0 amide bonds. The fraction of sp³-hybridized carbons (Fsp3) is 0.273. The van der Waals surface area contributed by atoms with Gasteiger partial charge >= 0.3 is 0 Å². The van der Waals surface area contributed by atoms with Crippen molar-refractivity contribution in [3.8, 4) is 17.2 Å². The van der Waals surface area contributed by atoms with E-state index < -0.39 is 10.0 Å². The lowest BCUT2D eigenvalue weighted by atomic mass is 9.81. The molecule has 6 nitrogen and oxygen atoms in total. The first-order valence-electron chi connectivity index (χ1n) is 9.75. The lowest BCUT2D eigenvalue weighted by molar-refractivity contribution is 0.187. The number of benzene rings is 1. The summed E-state index contributed by atoms with van der Waals surface area (Å²) in [7, 11) is -3.54. The van der Waals surface area contributed by atoms with Gasteiger partial charge in [0.1, 0.15) is 4.21 Å². The van der Waals surface area contributed by atoms with Gasteiger partial charge in [0.2, 0.25) is 0 Å². The maximum Gasteiger partial charge on any atom is 0.252 e. The van der Waals surface area contributed by atoms with E-state index in [1.165, 1.54) is 11.3 Å². The number of sulfonamides is 1. The summed E-state index contributed by atoms with van der Waals surface area (Å²) in [5, 5.41) is 11.0. The highest BCUT2D eigenvalue weighted by Gasteiger charge is 2.40. The third-order valence-electron chi connectivity index (χ3n) is 5.95. The van der Waals surface area contributed by atoms with Crippen molar-refractivity contribution in [2.24, 2.45) is 5.92 Å². The zero-order chi connectivity index (χ0) is 20.9. The monoisotopic (exact) mass is 437 g/mol. The number of aromatic nitrogens is 1. The van der Waals surface area contributed by atoms with Crippen molar-refractivity contribution in [1.82, 2.24) is 8.87 Å². The SMILES string of the molecule is N#Cc1cccc(-c2ccc(=O)n3c2[C@H]2C[C@@H](CN(S(=O)(=O)c4cccs4)C2)C3)c1. The van der Waals surface area contributed by atoms with Crippen LogP contribution in [-0.2, 0) is 16.6 Å². The van der Waals surface area contributed by atoms with Crippen molar-refractivity contribution in [1.29, 1.82) is 5.26 Å². The van der Waals surface area contributed by atoms with Gasteiger partial charge in [-0.05, 0) is 47.5 Å². The van der Waals surface area contributed by atoms with Gasteiger partial charge in [-0.2, -0.15) is 9.57 Å². The number of pyridine rings is 1. The van der Waals surface area contributed by atoms with E-state index in [1.807, 2.05) is 22.8 Å². The molecule has 0 aliphatic carbocycles. The maximum absolute atomic E-state index is 13.1. The number of hydrogen-bond acceptors (Lipinski definition) is 5. The highest BCUT2D eigenvalue weighted by atomic mass is 32.2. The van der Waals surface area contributed by atoms with E-state index in [-0.39, 0.29) is 17.4 Å². The standard InChI is InChI=1S/C22H19N3O3S2/c23-11-15-3-1-4-17(9-15)19-6-7-20(26)25-13-16-10-18(22(19)25)14-24(12-16)30(27,28)21-5-2-8-29-21/h1-9,16,18H,10,12-14H2/t16-,18-/m0/s1. The van der Waals surface area contributed by atoms with E-state index in [0.29, 0.717) is 29.4 Å². The van der Waals surface area contributed by atoms with Gasteiger partial charge in [-0.25, -0.2) is 8.42 Å². The van der Waals surface area contributed by atoms with Crippen LogP contribution in [0.5, 0.6) is 0 Å². The molecule has 0 saturated carbocycles. The molecule has 0 unspecified atom stereocenters. The van der Waals surface area contributed by atoms with E-state index in [4.69, 9.17) is 0 Å². The zero-order valence-corrected chi connectivity index (χ0v) is 17.7. The molecule has 30 heavy (non-hydrogen) atoms. The Balaban J connectivity index is 1.61. The molecule has 0 spiro atoms. The Labute approximate surface area is 178 Å². The van der Waals surface area contributed by atoms with Gasteiger partial charge in [-0.15, -0.1) is 11.3 Å². The molecule has 1 fully saturated rings. The highest BCUT2D eigenvalue weighted by molar-refractivity contribution is 7.91. The number of hydrogen-bond donors (Lipinski definition) is 0. The molecule has 1 saturated heterocycles. The molecule has 0 radical (unpaired) electrons. The van der Waals surface area contributed by atoms with Crippen LogP contribution in [0.1, 0.15) is 23.6 Å². The summed E-state index contributed by atoms with van der Waals surface area (Å²) in [5.74, 6) is 0.0336.